The lowest BCUT2D eigenvalue weighted by atomic mass is 10.1. The summed E-state index contributed by atoms with van der Waals surface area (Å²) < 4.78 is 9.49. The van der Waals surface area contributed by atoms with Crippen molar-refractivity contribution < 1.29 is 19.1 Å². The van der Waals surface area contributed by atoms with Crippen molar-refractivity contribution in [2.75, 3.05) is 14.2 Å². The van der Waals surface area contributed by atoms with Crippen molar-refractivity contribution in [3.05, 3.63) is 29.3 Å². The van der Waals surface area contributed by atoms with Crippen LogP contribution in [-0.2, 0) is 20.7 Å². The van der Waals surface area contributed by atoms with Crippen LogP contribution in [-0.4, -0.2) is 26.0 Å². The lowest BCUT2D eigenvalue weighted by molar-refractivity contribution is -0.151. The molecule has 1 aromatic carbocycles. The summed E-state index contributed by atoms with van der Waals surface area (Å²) >= 11 is 0. The second-order valence-electron chi connectivity index (χ2n) is 3.41. The predicted molar refractivity (Wildman–Crippen MR) is 58.5 cm³/mol. The van der Waals surface area contributed by atoms with E-state index in [2.05, 4.69) is 4.74 Å². The zero-order chi connectivity index (χ0) is 12.1. The number of Topliss-reactive ketones (excluding diaryl/α,β-unsaturated/α-hetero) is 1. The number of aryl methyl sites for hydroxylation is 1. The maximum Gasteiger partial charge on any atom is 0.374 e. The zero-order valence-electron chi connectivity index (χ0n) is 9.57. The highest BCUT2D eigenvalue weighted by atomic mass is 16.5. The fraction of sp³-hybridized carbons (Fsp3) is 0.333. The summed E-state index contributed by atoms with van der Waals surface area (Å²) in [6.45, 7) is 1.93. The van der Waals surface area contributed by atoms with Crippen LogP contribution in [0.15, 0.2) is 18.2 Å². The standard InChI is InChI=1S/C12H14O4/c1-8-4-5-9(11(6-8)15-2)7-10(13)12(14)16-3/h4-6H,7H2,1-3H3. The Morgan fingerprint density at radius 3 is 2.50 bits per heavy atom. The number of carbonyl (C=O) groups excluding carboxylic acids is 2. The third-order valence-corrected chi connectivity index (χ3v) is 2.21. The molecule has 4 nitrogen and oxygen atoms in total. The van der Waals surface area contributed by atoms with Gasteiger partial charge in [0, 0.05) is 12.0 Å². The average molecular weight is 222 g/mol. The lowest BCUT2D eigenvalue weighted by Gasteiger charge is -2.08. The summed E-state index contributed by atoms with van der Waals surface area (Å²) in [4.78, 5) is 22.3. The lowest BCUT2D eigenvalue weighted by Crippen LogP contribution is -2.18. The molecule has 0 aliphatic heterocycles. The van der Waals surface area contributed by atoms with E-state index >= 15 is 0 Å². The van der Waals surface area contributed by atoms with Crippen LogP contribution in [0, 0.1) is 6.92 Å². The van der Waals surface area contributed by atoms with Gasteiger partial charge in [0.1, 0.15) is 5.75 Å². The van der Waals surface area contributed by atoms with E-state index < -0.39 is 11.8 Å². The van der Waals surface area contributed by atoms with E-state index in [4.69, 9.17) is 4.74 Å². The summed E-state index contributed by atoms with van der Waals surface area (Å²) in [5, 5.41) is 0. The summed E-state index contributed by atoms with van der Waals surface area (Å²) in [5.74, 6) is -0.801. The first-order chi connectivity index (χ1) is 7.58. The maximum absolute atomic E-state index is 11.4. The topological polar surface area (TPSA) is 52.6 Å². The van der Waals surface area contributed by atoms with Gasteiger partial charge in [0.25, 0.3) is 0 Å². The number of benzene rings is 1. The number of ether oxygens (including phenoxy) is 2. The van der Waals surface area contributed by atoms with Gasteiger partial charge in [0.15, 0.2) is 0 Å². The monoisotopic (exact) mass is 222 g/mol. The van der Waals surface area contributed by atoms with Gasteiger partial charge in [-0.3, -0.25) is 4.79 Å². The normalized spacial score (nSPS) is 9.69. The van der Waals surface area contributed by atoms with Crippen LogP contribution in [0.5, 0.6) is 5.75 Å². The number of esters is 1. The molecular weight excluding hydrogens is 208 g/mol. The van der Waals surface area contributed by atoms with E-state index in [0.717, 1.165) is 5.56 Å². The summed E-state index contributed by atoms with van der Waals surface area (Å²) in [5.41, 5.74) is 1.72. The van der Waals surface area contributed by atoms with Gasteiger partial charge in [0.2, 0.25) is 5.78 Å². The van der Waals surface area contributed by atoms with E-state index in [1.807, 2.05) is 19.1 Å². The van der Waals surface area contributed by atoms with Crippen molar-refractivity contribution in [2.24, 2.45) is 0 Å². The van der Waals surface area contributed by atoms with Crippen molar-refractivity contribution in [3.63, 3.8) is 0 Å². The maximum atomic E-state index is 11.4. The van der Waals surface area contributed by atoms with Gasteiger partial charge in [-0.05, 0) is 18.6 Å². The molecule has 0 fully saturated rings. The first kappa shape index (κ1) is 12.2. The Morgan fingerprint density at radius 1 is 1.25 bits per heavy atom. The average Bonchev–Trinajstić information content (AvgIpc) is 2.30. The highest BCUT2D eigenvalue weighted by Gasteiger charge is 2.16. The minimum atomic E-state index is -0.831. The van der Waals surface area contributed by atoms with Crippen LogP contribution in [0.25, 0.3) is 0 Å². The highest BCUT2D eigenvalue weighted by molar-refractivity contribution is 6.34. The first-order valence-electron chi connectivity index (χ1n) is 4.83. The second kappa shape index (κ2) is 5.30. The molecule has 0 spiro atoms. The molecule has 0 aromatic heterocycles. The zero-order valence-corrected chi connectivity index (χ0v) is 9.57. The SMILES string of the molecule is COC(=O)C(=O)Cc1ccc(C)cc1OC. The molecule has 86 valence electrons. The number of methoxy groups -OCH3 is 2. The van der Waals surface area contributed by atoms with Gasteiger partial charge in [-0.2, -0.15) is 0 Å². The van der Waals surface area contributed by atoms with Gasteiger partial charge >= 0.3 is 5.97 Å². The van der Waals surface area contributed by atoms with Gasteiger partial charge in [-0.25, -0.2) is 4.79 Å². The van der Waals surface area contributed by atoms with E-state index in [1.54, 1.807) is 6.07 Å². The number of hydrogen-bond acceptors (Lipinski definition) is 4. The molecule has 16 heavy (non-hydrogen) atoms. The van der Waals surface area contributed by atoms with E-state index in [9.17, 15) is 9.59 Å². The van der Waals surface area contributed by atoms with Crippen LogP contribution < -0.4 is 4.74 Å². The molecule has 0 aliphatic carbocycles. The molecule has 4 heteroatoms. The summed E-state index contributed by atoms with van der Waals surface area (Å²) in [6, 6.07) is 5.46. The van der Waals surface area contributed by atoms with E-state index in [1.165, 1.54) is 14.2 Å². The molecular formula is C12H14O4. The van der Waals surface area contributed by atoms with Gasteiger partial charge in [-0.1, -0.05) is 12.1 Å². The number of carbonyl (C=O) groups is 2. The fourth-order valence-electron chi connectivity index (χ4n) is 1.36. The molecule has 0 unspecified atom stereocenters. The quantitative estimate of drug-likeness (QED) is 0.569. The number of ketones is 1. The molecule has 0 saturated heterocycles. The van der Waals surface area contributed by atoms with Crippen LogP contribution in [0.2, 0.25) is 0 Å². The van der Waals surface area contributed by atoms with Crippen LogP contribution in [0.1, 0.15) is 11.1 Å². The molecule has 0 saturated carbocycles. The molecule has 1 rings (SSSR count). The Bertz CT molecular complexity index is 409. The Hall–Kier alpha value is -1.84. The van der Waals surface area contributed by atoms with Crippen molar-refractivity contribution in [2.45, 2.75) is 13.3 Å². The second-order valence-corrected chi connectivity index (χ2v) is 3.41. The van der Waals surface area contributed by atoms with Crippen molar-refractivity contribution in [3.8, 4) is 5.75 Å². The summed E-state index contributed by atoms with van der Waals surface area (Å²) in [7, 11) is 2.72. The minimum absolute atomic E-state index is 0.00384. The minimum Gasteiger partial charge on any atom is -0.496 e. The Labute approximate surface area is 94.2 Å². The molecule has 0 N–H and O–H groups in total. The Morgan fingerprint density at radius 2 is 1.94 bits per heavy atom. The van der Waals surface area contributed by atoms with Crippen LogP contribution in [0.3, 0.4) is 0 Å². The largest absolute Gasteiger partial charge is 0.496 e. The molecule has 0 aliphatic rings. The van der Waals surface area contributed by atoms with Crippen molar-refractivity contribution >= 4 is 11.8 Å². The van der Waals surface area contributed by atoms with Gasteiger partial charge in [-0.15, -0.1) is 0 Å². The molecule has 1 aromatic rings. The molecule has 0 atom stereocenters. The molecule has 0 radical (unpaired) electrons. The molecule has 0 bridgehead atoms. The van der Waals surface area contributed by atoms with Crippen LogP contribution >= 0.6 is 0 Å². The van der Waals surface area contributed by atoms with E-state index in [0.29, 0.717) is 11.3 Å². The highest BCUT2D eigenvalue weighted by Crippen LogP contribution is 2.20. The Balaban J connectivity index is 2.89. The molecule has 0 amide bonds. The Kier molecular flexibility index (Phi) is 4.05. The van der Waals surface area contributed by atoms with Crippen molar-refractivity contribution in [1.82, 2.24) is 0 Å². The summed E-state index contributed by atoms with van der Waals surface area (Å²) in [6.07, 6.45) is -0.00384. The van der Waals surface area contributed by atoms with E-state index in [-0.39, 0.29) is 6.42 Å². The predicted octanol–water partition coefficient (Wildman–Crippen LogP) is 1.29. The third-order valence-electron chi connectivity index (χ3n) is 2.21. The fourth-order valence-corrected chi connectivity index (χ4v) is 1.36. The number of rotatable bonds is 4. The molecule has 0 heterocycles. The number of hydrogen-bond donors (Lipinski definition) is 0. The first-order valence-corrected chi connectivity index (χ1v) is 4.83. The van der Waals surface area contributed by atoms with Crippen molar-refractivity contribution in [1.29, 1.82) is 0 Å². The van der Waals surface area contributed by atoms with Gasteiger partial charge < -0.3 is 9.47 Å². The van der Waals surface area contributed by atoms with Crippen LogP contribution in [0.4, 0.5) is 0 Å². The third kappa shape index (κ3) is 2.82. The smallest absolute Gasteiger partial charge is 0.374 e. The van der Waals surface area contributed by atoms with Gasteiger partial charge in [0.05, 0.1) is 14.2 Å².